The van der Waals surface area contributed by atoms with E-state index in [4.69, 9.17) is 0 Å². The number of hydrogen-bond donors (Lipinski definition) is 2. The monoisotopic (exact) mass is 364 g/mol. The molecule has 0 aliphatic rings. The van der Waals surface area contributed by atoms with E-state index in [0.29, 0.717) is 16.1 Å². The second kappa shape index (κ2) is 7.97. The van der Waals surface area contributed by atoms with Gasteiger partial charge in [0.1, 0.15) is 0 Å². The Hall–Kier alpha value is -2.92. The van der Waals surface area contributed by atoms with Gasteiger partial charge in [-0.15, -0.1) is 11.3 Å². The lowest BCUT2D eigenvalue weighted by molar-refractivity contribution is 0.0941. The number of anilines is 1. The molecule has 5 heteroatoms. The highest BCUT2D eigenvalue weighted by molar-refractivity contribution is 7.12. The summed E-state index contributed by atoms with van der Waals surface area (Å²) in [5, 5.41) is 7.72. The molecule has 0 saturated carbocycles. The Morgan fingerprint density at radius 3 is 2.31 bits per heavy atom. The van der Waals surface area contributed by atoms with E-state index < -0.39 is 0 Å². The average Bonchev–Trinajstić information content (AvgIpc) is 3.09. The number of thiophene rings is 1. The molecule has 0 fully saturated rings. The van der Waals surface area contributed by atoms with Crippen molar-refractivity contribution in [3.63, 3.8) is 0 Å². The molecule has 3 aromatic rings. The van der Waals surface area contributed by atoms with Gasteiger partial charge in [0, 0.05) is 0 Å². The van der Waals surface area contributed by atoms with Gasteiger partial charge < -0.3 is 10.6 Å². The Kier molecular flexibility index (Phi) is 5.49. The van der Waals surface area contributed by atoms with Crippen molar-refractivity contribution in [1.29, 1.82) is 0 Å². The molecule has 2 amide bonds. The van der Waals surface area contributed by atoms with Gasteiger partial charge in [0.05, 0.1) is 22.2 Å². The Balaban J connectivity index is 1.77. The predicted molar refractivity (Wildman–Crippen MR) is 106 cm³/mol. The molecule has 132 valence electrons. The molecular weight excluding hydrogens is 344 g/mol. The van der Waals surface area contributed by atoms with Gasteiger partial charge in [-0.2, -0.15) is 0 Å². The van der Waals surface area contributed by atoms with E-state index in [-0.39, 0.29) is 17.9 Å². The second-order valence-electron chi connectivity index (χ2n) is 6.04. The van der Waals surface area contributed by atoms with Gasteiger partial charge in [0.2, 0.25) is 0 Å². The number of nitrogens with one attached hydrogen (secondary N) is 2. The van der Waals surface area contributed by atoms with Crippen LogP contribution in [-0.4, -0.2) is 11.8 Å². The number of para-hydroxylation sites is 1. The van der Waals surface area contributed by atoms with E-state index in [9.17, 15) is 9.59 Å². The summed E-state index contributed by atoms with van der Waals surface area (Å²) in [5.74, 6) is -0.422. The molecule has 3 rings (SSSR count). The smallest absolute Gasteiger partial charge is 0.266 e. The minimum Gasteiger partial charge on any atom is -0.345 e. The number of amides is 2. The summed E-state index contributed by atoms with van der Waals surface area (Å²) in [7, 11) is 0. The van der Waals surface area contributed by atoms with E-state index in [2.05, 4.69) is 10.6 Å². The zero-order valence-electron chi connectivity index (χ0n) is 14.7. The van der Waals surface area contributed by atoms with Gasteiger partial charge >= 0.3 is 0 Å². The summed E-state index contributed by atoms with van der Waals surface area (Å²) in [6.07, 6.45) is 0. The molecule has 0 unspecified atom stereocenters. The Labute approximate surface area is 156 Å². The van der Waals surface area contributed by atoms with Crippen LogP contribution in [0.1, 0.15) is 44.1 Å². The van der Waals surface area contributed by atoms with Gasteiger partial charge in [0.15, 0.2) is 0 Å². The highest BCUT2D eigenvalue weighted by Crippen LogP contribution is 2.21. The first-order valence-corrected chi connectivity index (χ1v) is 9.24. The zero-order valence-corrected chi connectivity index (χ0v) is 15.5. The SMILES string of the molecule is Cc1ccsc1C(=O)Nc1ccccc1C(=O)N[C@H](C)c1ccccc1. The highest BCUT2D eigenvalue weighted by atomic mass is 32.1. The quantitative estimate of drug-likeness (QED) is 0.683. The van der Waals surface area contributed by atoms with E-state index in [1.807, 2.05) is 55.6 Å². The third-order valence-electron chi connectivity index (χ3n) is 4.14. The van der Waals surface area contributed by atoms with Gasteiger partial charge in [-0.05, 0) is 48.6 Å². The maximum absolute atomic E-state index is 12.7. The van der Waals surface area contributed by atoms with Crippen molar-refractivity contribution < 1.29 is 9.59 Å². The van der Waals surface area contributed by atoms with Crippen LogP contribution < -0.4 is 10.6 Å². The minimum atomic E-state index is -0.222. The molecule has 4 nitrogen and oxygen atoms in total. The van der Waals surface area contributed by atoms with E-state index in [0.717, 1.165) is 11.1 Å². The minimum absolute atomic E-state index is 0.132. The predicted octanol–water partition coefficient (Wildman–Crippen LogP) is 4.80. The number of carbonyl (C=O) groups excluding carboxylic acids is 2. The molecule has 1 heterocycles. The van der Waals surface area contributed by atoms with Crippen LogP contribution in [0, 0.1) is 6.92 Å². The fraction of sp³-hybridized carbons (Fsp3) is 0.143. The van der Waals surface area contributed by atoms with Crippen molar-refractivity contribution in [3.05, 3.63) is 87.6 Å². The van der Waals surface area contributed by atoms with Crippen LogP contribution in [0.2, 0.25) is 0 Å². The van der Waals surface area contributed by atoms with E-state index in [1.165, 1.54) is 11.3 Å². The first kappa shape index (κ1) is 17.9. The second-order valence-corrected chi connectivity index (χ2v) is 6.95. The van der Waals surface area contributed by atoms with Gasteiger partial charge in [-0.1, -0.05) is 42.5 Å². The molecule has 2 N–H and O–H groups in total. The van der Waals surface area contributed by atoms with Crippen molar-refractivity contribution >= 4 is 28.8 Å². The van der Waals surface area contributed by atoms with Crippen LogP contribution in [0.15, 0.2) is 66.0 Å². The maximum atomic E-state index is 12.7. The Morgan fingerprint density at radius 1 is 0.923 bits per heavy atom. The van der Waals surface area contributed by atoms with Crippen molar-refractivity contribution in [2.24, 2.45) is 0 Å². The third kappa shape index (κ3) is 4.00. The standard InChI is InChI=1S/C21H20N2O2S/c1-14-12-13-26-19(14)21(25)23-18-11-7-6-10-17(18)20(24)22-15(2)16-8-4-3-5-9-16/h3-13,15H,1-2H3,(H,22,24)(H,23,25)/t15-/m1/s1. The maximum Gasteiger partial charge on any atom is 0.266 e. The number of hydrogen-bond acceptors (Lipinski definition) is 3. The molecule has 1 atom stereocenters. The number of rotatable bonds is 5. The molecule has 0 radical (unpaired) electrons. The Bertz CT molecular complexity index is 919. The zero-order chi connectivity index (χ0) is 18.5. The summed E-state index contributed by atoms with van der Waals surface area (Å²) in [4.78, 5) is 25.9. The summed E-state index contributed by atoms with van der Waals surface area (Å²) in [6, 6.07) is 18.6. The lowest BCUT2D eigenvalue weighted by atomic mass is 10.1. The van der Waals surface area contributed by atoms with E-state index in [1.54, 1.807) is 24.3 Å². The molecule has 0 saturated heterocycles. The lowest BCUT2D eigenvalue weighted by Gasteiger charge is -2.16. The van der Waals surface area contributed by atoms with Crippen LogP contribution in [-0.2, 0) is 0 Å². The average molecular weight is 364 g/mol. The van der Waals surface area contributed by atoms with E-state index >= 15 is 0 Å². The van der Waals surface area contributed by atoms with Crippen molar-refractivity contribution in [1.82, 2.24) is 5.32 Å². The summed E-state index contributed by atoms with van der Waals surface area (Å²) < 4.78 is 0. The van der Waals surface area contributed by atoms with Gasteiger partial charge in [0.25, 0.3) is 11.8 Å². The number of carbonyl (C=O) groups is 2. The molecule has 1 aromatic heterocycles. The molecule has 26 heavy (non-hydrogen) atoms. The molecule has 0 aliphatic carbocycles. The number of benzene rings is 2. The van der Waals surface area contributed by atoms with Gasteiger partial charge in [-0.3, -0.25) is 9.59 Å². The van der Waals surface area contributed by atoms with Crippen LogP contribution in [0.4, 0.5) is 5.69 Å². The van der Waals surface area contributed by atoms with Crippen LogP contribution in [0.5, 0.6) is 0 Å². The summed E-state index contributed by atoms with van der Waals surface area (Å²) in [6.45, 7) is 3.83. The fourth-order valence-electron chi connectivity index (χ4n) is 2.67. The first-order chi connectivity index (χ1) is 12.6. The van der Waals surface area contributed by atoms with Crippen molar-refractivity contribution in [3.8, 4) is 0 Å². The molecule has 2 aromatic carbocycles. The Morgan fingerprint density at radius 2 is 1.62 bits per heavy atom. The third-order valence-corrected chi connectivity index (χ3v) is 5.15. The fourth-order valence-corrected chi connectivity index (χ4v) is 3.49. The van der Waals surface area contributed by atoms with Gasteiger partial charge in [-0.25, -0.2) is 0 Å². The molecular formula is C21H20N2O2S. The van der Waals surface area contributed by atoms with Crippen LogP contribution in [0.25, 0.3) is 0 Å². The van der Waals surface area contributed by atoms with Crippen molar-refractivity contribution in [2.75, 3.05) is 5.32 Å². The summed E-state index contributed by atoms with van der Waals surface area (Å²) >= 11 is 1.39. The van der Waals surface area contributed by atoms with Crippen LogP contribution >= 0.6 is 11.3 Å². The lowest BCUT2D eigenvalue weighted by Crippen LogP contribution is -2.28. The number of aryl methyl sites for hydroxylation is 1. The first-order valence-electron chi connectivity index (χ1n) is 8.36. The topological polar surface area (TPSA) is 58.2 Å². The summed E-state index contributed by atoms with van der Waals surface area (Å²) in [5.41, 5.74) is 2.89. The van der Waals surface area contributed by atoms with Crippen LogP contribution in [0.3, 0.4) is 0 Å². The molecule has 0 bridgehead atoms. The normalized spacial score (nSPS) is 11.6. The highest BCUT2D eigenvalue weighted by Gasteiger charge is 2.17. The largest absolute Gasteiger partial charge is 0.345 e. The molecule has 0 aliphatic heterocycles. The molecule has 0 spiro atoms. The van der Waals surface area contributed by atoms with Crippen molar-refractivity contribution in [2.45, 2.75) is 19.9 Å².